The summed E-state index contributed by atoms with van der Waals surface area (Å²) in [5.74, 6) is -1.76. The van der Waals surface area contributed by atoms with Crippen molar-refractivity contribution in [2.24, 2.45) is 0 Å². The van der Waals surface area contributed by atoms with Crippen molar-refractivity contribution in [3.8, 4) is 11.3 Å². The van der Waals surface area contributed by atoms with Gasteiger partial charge in [0.15, 0.2) is 0 Å². The first-order chi connectivity index (χ1) is 10.5. The summed E-state index contributed by atoms with van der Waals surface area (Å²) in [6.07, 6.45) is 2.10. The molecule has 0 saturated carbocycles. The molecule has 6 nitrogen and oxygen atoms in total. The molecule has 2 aromatic rings. The third kappa shape index (κ3) is 4.18. The van der Waals surface area contributed by atoms with Gasteiger partial charge in [-0.25, -0.2) is 0 Å². The van der Waals surface area contributed by atoms with E-state index in [-0.39, 0.29) is 19.4 Å². The fourth-order valence-corrected chi connectivity index (χ4v) is 2.17. The van der Waals surface area contributed by atoms with Gasteiger partial charge in [0.05, 0.1) is 18.7 Å². The molecule has 22 heavy (non-hydrogen) atoms. The van der Waals surface area contributed by atoms with Crippen molar-refractivity contribution in [3.05, 3.63) is 41.6 Å². The molecule has 1 aromatic carbocycles. The third-order valence-corrected chi connectivity index (χ3v) is 3.33. The smallest absolute Gasteiger partial charge is 0.305 e. The zero-order valence-electron chi connectivity index (χ0n) is 12.3. The Bertz CT molecular complexity index is 674. The van der Waals surface area contributed by atoms with Gasteiger partial charge in [-0.2, -0.15) is 5.10 Å². The van der Waals surface area contributed by atoms with E-state index in [0.717, 1.165) is 16.7 Å². The molecule has 2 N–H and O–H groups in total. The number of carbonyl (C=O) groups is 2. The lowest BCUT2D eigenvalue weighted by Crippen LogP contribution is -2.04. The molecule has 0 aliphatic rings. The highest BCUT2D eigenvalue weighted by atomic mass is 16.4. The molecular formula is C16H18N2O4. The third-order valence-electron chi connectivity index (χ3n) is 3.33. The topological polar surface area (TPSA) is 92.4 Å². The number of nitrogens with zero attached hydrogens (tertiary/aromatic N) is 2. The van der Waals surface area contributed by atoms with Crippen molar-refractivity contribution < 1.29 is 19.8 Å². The quantitative estimate of drug-likeness (QED) is 0.819. The van der Waals surface area contributed by atoms with Gasteiger partial charge in [-0.3, -0.25) is 14.3 Å². The normalized spacial score (nSPS) is 10.6. The number of carboxylic acids is 2. The minimum Gasteiger partial charge on any atom is -0.481 e. The van der Waals surface area contributed by atoms with Crippen LogP contribution >= 0.6 is 0 Å². The molecule has 6 heteroatoms. The summed E-state index contributed by atoms with van der Waals surface area (Å²) in [7, 11) is 0. The molecule has 1 heterocycles. The first kappa shape index (κ1) is 15.8. The van der Waals surface area contributed by atoms with Crippen LogP contribution in [0.3, 0.4) is 0 Å². The summed E-state index contributed by atoms with van der Waals surface area (Å²) < 4.78 is 1.57. The van der Waals surface area contributed by atoms with Gasteiger partial charge in [0.1, 0.15) is 0 Å². The fourth-order valence-electron chi connectivity index (χ4n) is 2.17. The van der Waals surface area contributed by atoms with Crippen LogP contribution in [0.25, 0.3) is 11.3 Å². The predicted molar refractivity (Wildman–Crippen MR) is 80.6 cm³/mol. The lowest BCUT2D eigenvalue weighted by molar-refractivity contribution is -0.138. The van der Waals surface area contributed by atoms with Crippen LogP contribution in [0.15, 0.2) is 30.5 Å². The van der Waals surface area contributed by atoms with E-state index >= 15 is 0 Å². The molecule has 0 aliphatic heterocycles. The summed E-state index contributed by atoms with van der Waals surface area (Å²) in [6.45, 7) is 2.25. The summed E-state index contributed by atoms with van der Waals surface area (Å²) >= 11 is 0. The van der Waals surface area contributed by atoms with Crippen LogP contribution in [0.5, 0.6) is 0 Å². The largest absolute Gasteiger partial charge is 0.481 e. The highest BCUT2D eigenvalue weighted by molar-refractivity contribution is 5.69. The molecule has 0 spiro atoms. The van der Waals surface area contributed by atoms with E-state index in [0.29, 0.717) is 12.1 Å². The average molecular weight is 302 g/mol. The Morgan fingerprint density at radius 1 is 1.09 bits per heavy atom. The van der Waals surface area contributed by atoms with Gasteiger partial charge >= 0.3 is 11.9 Å². The van der Waals surface area contributed by atoms with E-state index in [1.807, 2.05) is 31.2 Å². The Morgan fingerprint density at radius 2 is 1.73 bits per heavy atom. The minimum atomic E-state index is -0.889. The first-order valence-corrected chi connectivity index (χ1v) is 7.02. The molecule has 0 fully saturated rings. The number of rotatable bonds is 7. The Morgan fingerprint density at radius 3 is 2.32 bits per heavy atom. The summed E-state index contributed by atoms with van der Waals surface area (Å²) in [5, 5.41) is 22.0. The van der Waals surface area contributed by atoms with E-state index in [4.69, 9.17) is 10.2 Å². The Kier molecular flexibility index (Phi) is 4.93. The van der Waals surface area contributed by atoms with Crippen molar-refractivity contribution in [2.45, 2.75) is 32.7 Å². The van der Waals surface area contributed by atoms with Crippen LogP contribution in [-0.2, 0) is 22.6 Å². The lowest BCUT2D eigenvalue weighted by atomic mass is 10.0. The number of hydrogen-bond acceptors (Lipinski definition) is 3. The van der Waals surface area contributed by atoms with E-state index in [1.165, 1.54) is 0 Å². The Hall–Kier alpha value is -2.63. The van der Waals surface area contributed by atoms with Gasteiger partial charge in [0.25, 0.3) is 0 Å². The monoisotopic (exact) mass is 302 g/mol. The molecular weight excluding hydrogens is 284 g/mol. The van der Waals surface area contributed by atoms with Crippen LogP contribution in [-0.4, -0.2) is 31.9 Å². The van der Waals surface area contributed by atoms with E-state index < -0.39 is 11.9 Å². The van der Waals surface area contributed by atoms with Crippen LogP contribution in [0.1, 0.15) is 24.0 Å². The van der Waals surface area contributed by atoms with Gasteiger partial charge in [-0.15, -0.1) is 0 Å². The molecule has 0 unspecified atom stereocenters. The number of aryl methyl sites for hydroxylation is 3. The van der Waals surface area contributed by atoms with Crippen LogP contribution < -0.4 is 0 Å². The maximum atomic E-state index is 10.8. The maximum Gasteiger partial charge on any atom is 0.305 e. The number of aliphatic carboxylic acids is 2. The molecule has 0 bridgehead atoms. The maximum absolute atomic E-state index is 10.8. The predicted octanol–water partition coefficient (Wildman–Crippen LogP) is 2.35. The highest BCUT2D eigenvalue weighted by Gasteiger charge is 2.13. The summed E-state index contributed by atoms with van der Waals surface area (Å²) in [6, 6.07) is 7.80. The van der Waals surface area contributed by atoms with Crippen molar-refractivity contribution in [2.75, 3.05) is 0 Å². The molecule has 0 radical (unpaired) electrons. The van der Waals surface area contributed by atoms with Gasteiger partial charge in [0.2, 0.25) is 0 Å². The minimum absolute atomic E-state index is 0.0173. The standard InChI is InChI=1S/C16H18N2O4/c1-11-2-4-12(5-3-11)16-13(6-7-14(19)20)10-18(17-16)9-8-15(21)22/h2-5,10H,6-9H2,1H3,(H,19,20)(H,21,22). The van der Waals surface area contributed by atoms with E-state index in [2.05, 4.69) is 5.10 Å². The molecule has 0 saturated heterocycles. The zero-order chi connectivity index (χ0) is 16.1. The van der Waals surface area contributed by atoms with E-state index in [1.54, 1.807) is 10.9 Å². The molecule has 0 amide bonds. The number of aromatic nitrogens is 2. The number of hydrogen-bond donors (Lipinski definition) is 2. The van der Waals surface area contributed by atoms with Crippen molar-refractivity contribution in [3.63, 3.8) is 0 Å². The lowest BCUT2D eigenvalue weighted by Gasteiger charge is -2.02. The zero-order valence-corrected chi connectivity index (χ0v) is 12.3. The highest BCUT2D eigenvalue weighted by Crippen LogP contribution is 2.24. The van der Waals surface area contributed by atoms with E-state index in [9.17, 15) is 9.59 Å². The van der Waals surface area contributed by atoms with Gasteiger partial charge < -0.3 is 10.2 Å². The molecule has 116 valence electrons. The van der Waals surface area contributed by atoms with Gasteiger partial charge in [-0.05, 0) is 18.9 Å². The number of benzene rings is 1. The van der Waals surface area contributed by atoms with Gasteiger partial charge in [0, 0.05) is 18.2 Å². The molecule has 2 rings (SSSR count). The summed E-state index contributed by atoms with van der Waals surface area (Å²) in [4.78, 5) is 21.5. The van der Waals surface area contributed by atoms with Crippen molar-refractivity contribution >= 4 is 11.9 Å². The molecule has 0 atom stereocenters. The van der Waals surface area contributed by atoms with Crippen molar-refractivity contribution in [1.29, 1.82) is 0 Å². The summed E-state index contributed by atoms with van der Waals surface area (Å²) in [5.41, 5.74) is 3.56. The second kappa shape index (κ2) is 6.89. The molecule has 1 aromatic heterocycles. The van der Waals surface area contributed by atoms with Gasteiger partial charge in [-0.1, -0.05) is 29.8 Å². The Balaban J connectivity index is 2.29. The second-order valence-electron chi connectivity index (χ2n) is 5.17. The SMILES string of the molecule is Cc1ccc(-c2nn(CCC(=O)O)cc2CCC(=O)O)cc1. The van der Waals surface area contributed by atoms with Crippen LogP contribution in [0, 0.1) is 6.92 Å². The second-order valence-corrected chi connectivity index (χ2v) is 5.17. The first-order valence-electron chi connectivity index (χ1n) is 7.02. The average Bonchev–Trinajstić information content (AvgIpc) is 2.87. The number of carboxylic acid groups (broad SMARTS) is 2. The fraction of sp³-hybridized carbons (Fsp3) is 0.312. The van der Waals surface area contributed by atoms with Crippen LogP contribution in [0.4, 0.5) is 0 Å². The van der Waals surface area contributed by atoms with Crippen LogP contribution in [0.2, 0.25) is 0 Å². The Labute approximate surface area is 128 Å². The molecule has 0 aliphatic carbocycles. The van der Waals surface area contributed by atoms with Crippen molar-refractivity contribution in [1.82, 2.24) is 9.78 Å².